The number of nitrogens with one attached hydrogen (secondary N) is 2. The van der Waals surface area contributed by atoms with Crippen LogP contribution in [0.4, 0.5) is 23.7 Å². The highest BCUT2D eigenvalue weighted by Gasteiger charge is 2.36. The zero-order valence-electron chi connectivity index (χ0n) is 16.0. The molecule has 1 aliphatic rings. The molecular weight excluding hydrogens is 423 g/mol. The van der Waals surface area contributed by atoms with Crippen LogP contribution < -0.4 is 10.6 Å². The Morgan fingerprint density at radius 3 is 2.71 bits per heavy atom. The molecule has 1 aliphatic heterocycles. The van der Waals surface area contributed by atoms with Crippen LogP contribution in [0.2, 0.25) is 0 Å². The van der Waals surface area contributed by atoms with Gasteiger partial charge >= 0.3 is 18.2 Å². The summed E-state index contributed by atoms with van der Waals surface area (Å²) in [5.74, 6) is -0.843. The first-order valence-electron chi connectivity index (χ1n) is 8.92. The van der Waals surface area contributed by atoms with Crippen LogP contribution in [0.1, 0.15) is 24.2 Å². The van der Waals surface area contributed by atoms with Crippen LogP contribution in [0.3, 0.4) is 0 Å². The molecule has 0 spiro atoms. The van der Waals surface area contributed by atoms with Crippen molar-refractivity contribution < 1.29 is 32.4 Å². The van der Waals surface area contributed by atoms with E-state index in [9.17, 15) is 32.9 Å². The Morgan fingerprint density at radius 2 is 2.10 bits per heavy atom. The molecule has 2 N–H and O–H groups in total. The minimum Gasteiger partial charge on any atom is -0.463 e. The third kappa shape index (κ3) is 4.82. The van der Waals surface area contributed by atoms with E-state index in [-0.39, 0.29) is 35.7 Å². The fraction of sp³-hybridized carbons (Fsp3) is 0.278. The van der Waals surface area contributed by atoms with Crippen LogP contribution in [0.15, 0.2) is 47.8 Å². The van der Waals surface area contributed by atoms with E-state index >= 15 is 0 Å². The van der Waals surface area contributed by atoms with Crippen LogP contribution in [0.25, 0.3) is 0 Å². The lowest BCUT2D eigenvalue weighted by molar-refractivity contribution is -0.384. The largest absolute Gasteiger partial charge is 0.463 e. The lowest BCUT2D eigenvalue weighted by atomic mass is 9.94. The van der Waals surface area contributed by atoms with Gasteiger partial charge in [0.1, 0.15) is 0 Å². The molecule has 0 saturated carbocycles. The number of halogens is 3. The number of alkyl halides is 3. The quantitative estimate of drug-likeness (QED) is 0.405. The summed E-state index contributed by atoms with van der Waals surface area (Å²) in [5.41, 5.74) is -1.33. The van der Waals surface area contributed by atoms with Crippen LogP contribution in [0, 0.1) is 10.1 Å². The number of esters is 1. The van der Waals surface area contributed by atoms with Crippen molar-refractivity contribution in [3.8, 4) is 0 Å². The summed E-state index contributed by atoms with van der Waals surface area (Å²) in [5, 5.41) is 19.4. The molecule has 10 nitrogen and oxygen atoms in total. The maximum atomic E-state index is 12.8. The molecule has 2 amide bonds. The fourth-order valence-electron chi connectivity index (χ4n) is 3.02. The number of carbonyl (C=O) groups is 2. The molecule has 2 heterocycles. The van der Waals surface area contributed by atoms with Gasteiger partial charge in [-0.1, -0.05) is 12.1 Å². The molecule has 3 rings (SSSR count). The van der Waals surface area contributed by atoms with Gasteiger partial charge in [-0.2, -0.15) is 18.3 Å². The zero-order chi connectivity index (χ0) is 22.8. The number of hydrogen-bond acceptors (Lipinski definition) is 6. The van der Waals surface area contributed by atoms with Crippen LogP contribution >= 0.6 is 0 Å². The average molecular weight is 439 g/mol. The summed E-state index contributed by atoms with van der Waals surface area (Å²) < 4.78 is 44.5. The van der Waals surface area contributed by atoms with E-state index in [0.717, 1.165) is 16.9 Å². The first kappa shape index (κ1) is 21.8. The van der Waals surface area contributed by atoms with Crippen molar-refractivity contribution in [2.45, 2.75) is 25.7 Å². The minimum absolute atomic E-state index is 0.00872. The normalized spacial score (nSPS) is 16.5. The van der Waals surface area contributed by atoms with Gasteiger partial charge < -0.3 is 15.4 Å². The van der Waals surface area contributed by atoms with Crippen LogP contribution in [0.5, 0.6) is 0 Å². The Labute approximate surface area is 172 Å². The van der Waals surface area contributed by atoms with Gasteiger partial charge in [0.05, 0.1) is 35.4 Å². The van der Waals surface area contributed by atoms with E-state index < -0.39 is 34.8 Å². The maximum absolute atomic E-state index is 12.8. The summed E-state index contributed by atoms with van der Waals surface area (Å²) in [6.07, 6.45) is -3.61. The molecule has 2 aromatic rings. The molecule has 13 heteroatoms. The Morgan fingerprint density at radius 1 is 1.35 bits per heavy atom. The first-order valence-corrected chi connectivity index (χ1v) is 8.92. The Balaban J connectivity index is 2.07. The van der Waals surface area contributed by atoms with Gasteiger partial charge in [0.2, 0.25) is 0 Å². The molecule has 0 bridgehead atoms. The summed E-state index contributed by atoms with van der Waals surface area (Å²) in [7, 11) is 0. The van der Waals surface area contributed by atoms with Gasteiger partial charge in [0.15, 0.2) is 5.69 Å². The second-order valence-corrected chi connectivity index (χ2v) is 6.39. The highest BCUT2D eigenvalue weighted by molar-refractivity contribution is 5.95. The summed E-state index contributed by atoms with van der Waals surface area (Å²) in [6.45, 7) is 1.17. The third-order valence-electron chi connectivity index (χ3n) is 4.31. The number of amides is 2. The Bertz CT molecular complexity index is 1060. The van der Waals surface area contributed by atoms with Crippen molar-refractivity contribution in [1.29, 1.82) is 0 Å². The molecule has 31 heavy (non-hydrogen) atoms. The molecule has 0 radical (unpaired) electrons. The maximum Gasteiger partial charge on any atom is 0.435 e. The highest BCUT2D eigenvalue weighted by atomic mass is 19.4. The molecule has 1 aromatic heterocycles. The van der Waals surface area contributed by atoms with Gasteiger partial charge in [-0.25, -0.2) is 9.59 Å². The summed E-state index contributed by atoms with van der Waals surface area (Å²) in [6, 6.07) is 4.16. The highest BCUT2D eigenvalue weighted by Crippen LogP contribution is 2.31. The first-order chi connectivity index (χ1) is 14.6. The molecule has 164 valence electrons. The second kappa shape index (κ2) is 8.45. The van der Waals surface area contributed by atoms with Gasteiger partial charge in [0.25, 0.3) is 5.69 Å². The minimum atomic E-state index is -4.66. The number of non-ortho nitro benzene ring substituents is 1. The van der Waals surface area contributed by atoms with Gasteiger partial charge in [-0.05, 0) is 18.6 Å². The van der Waals surface area contributed by atoms with Gasteiger partial charge in [-0.3, -0.25) is 14.8 Å². The molecule has 1 atom stereocenters. The standard InChI is InChI=1S/C18H16F3N5O5/c1-2-31-16(27)14-12(9-25-7-6-13(24-25)18(19,20)21)22-17(28)23-15(14)10-4-3-5-11(8-10)26(29)30/h3-8,15H,2,9H2,1H3,(H2,22,23,28)/t15-/m1/s1. The monoisotopic (exact) mass is 439 g/mol. The van der Waals surface area contributed by atoms with E-state index in [1.165, 1.54) is 24.3 Å². The van der Waals surface area contributed by atoms with Crippen molar-refractivity contribution in [2.24, 2.45) is 0 Å². The zero-order valence-corrected chi connectivity index (χ0v) is 16.0. The van der Waals surface area contributed by atoms with Crippen LogP contribution in [-0.4, -0.2) is 33.3 Å². The van der Waals surface area contributed by atoms with E-state index in [0.29, 0.717) is 0 Å². The number of benzene rings is 1. The SMILES string of the molecule is CCOC(=O)C1=C(Cn2ccc(C(F)(F)F)n2)NC(=O)N[C@@H]1c1cccc([N+](=O)[O-])c1. The Kier molecular flexibility index (Phi) is 5.95. The number of carbonyl (C=O) groups excluding carboxylic acids is 2. The van der Waals surface area contributed by atoms with Crippen molar-refractivity contribution >= 4 is 17.7 Å². The predicted molar refractivity (Wildman–Crippen MR) is 98.4 cm³/mol. The summed E-state index contributed by atoms with van der Waals surface area (Å²) >= 11 is 0. The van der Waals surface area contributed by atoms with E-state index in [1.54, 1.807) is 6.92 Å². The van der Waals surface area contributed by atoms with E-state index in [2.05, 4.69) is 15.7 Å². The van der Waals surface area contributed by atoms with Crippen molar-refractivity contribution in [1.82, 2.24) is 20.4 Å². The topological polar surface area (TPSA) is 128 Å². The number of nitro benzene ring substituents is 1. The lowest BCUT2D eigenvalue weighted by Crippen LogP contribution is -2.47. The van der Waals surface area contributed by atoms with E-state index in [4.69, 9.17) is 4.74 Å². The lowest BCUT2D eigenvalue weighted by Gasteiger charge is -2.29. The van der Waals surface area contributed by atoms with Crippen molar-refractivity contribution in [2.75, 3.05) is 6.61 Å². The number of rotatable bonds is 6. The third-order valence-corrected chi connectivity index (χ3v) is 4.31. The fourth-order valence-corrected chi connectivity index (χ4v) is 3.02. The van der Waals surface area contributed by atoms with Gasteiger partial charge in [-0.15, -0.1) is 0 Å². The molecular formula is C18H16F3N5O5. The van der Waals surface area contributed by atoms with Crippen LogP contribution in [-0.2, 0) is 22.3 Å². The number of urea groups is 1. The van der Waals surface area contributed by atoms with Crippen molar-refractivity contribution in [3.05, 3.63) is 69.2 Å². The molecule has 0 saturated heterocycles. The second-order valence-electron chi connectivity index (χ2n) is 6.39. The predicted octanol–water partition coefficient (Wildman–Crippen LogP) is 2.68. The van der Waals surface area contributed by atoms with Crippen molar-refractivity contribution in [3.63, 3.8) is 0 Å². The van der Waals surface area contributed by atoms with E-state index in [1.807, 2.05) is 0 Å². The number of ether oxygens (including phenoxy) is 1. The van der Waals surface area contributed by atoms with Gasteiger partial charge in [0, 0.05) is 18.3 Å². The average Bonchev–Trinajstić information content (AvgIpc) is 3.17. The summed E-state index contributed by atoms with van der Waals surface area (Å²) in [4.78, 5) is 35.3. The smallest absolute Gasteiger partial charge is 0.435 e. The molecule has 0 fully saturated rings. The number of aromatic nitrogens is 2. The molecule has 0 unspecified atom stereocenters. The Hall–Kier alpha value is -3.90. The number of allylic oxidation sites excluding steroid dienone is 1. The molecule has 0 aliphatic carbocycles. The molecule has 1 aromatic carbocycles. The number of hydrogen-bond donors (Lipinski definition) is 2. The number of nitro groups is 1. The number of nitrogens with zero attached hydrogens (tertiary/aromatic N) is 3.